The number of rotatable bonds is 13. The number of nitrogens with two attached hydrogens (primary N) is 1. The van der Waals surface area contributed by atoms with Crippen LogP contribution in [-0.4, -0.2) is 92.8 Å². The van der Waals surface area contributed by atoms with Crippen LogP contribution in [0.4, 0.5) is 11.6 Å². The maximum absolute atomic E-state index is 6.57. The number of nitrogens with one attached hydrogen (secondary N) is 2. The molecule has 0 spiro atoms. The molecular weight excluding hydrogens is 504 g/mol. The average molecular weight is 547 g/mol. The van der Waals surface area contributed by atoms with Gasteiger partial charge in [0, 0.05) is 76.5 Å². The number of pyridine rings is 2. The lowest BCUT2D eigenvalue weighted by molar-refractivity contribution is 0.0574. The van der Waals surface area contributed by atoms with Gasteiger partial charge in [-0.1, -0.05) is 17.7 Å². The van der Waals surface area contributed by atoms with Crippen molar-refractivity contribution in [2.24, 2.45) is 5.73 Å². The van der Waals surface area contributed by atoms with Crippen LogP contribution in [0.25, 0.3) is 11.3 Å². The van der Waals surface area contributed by atoms with E-state index >= 15 is 0 Å². The van der Waals surface area contributed by atoms with Gasteiger partial charge in [-0.15, -0.1) is 0 Å². The van der Waals surface area contributed by atoms with E-state index in [0.29, 0.717) is 36.9 Å². The molecule has 0 bridgehead atoms. The third kappa shape index (κ3) is 8.24. The van der Waals surface area contributed by atoms with Crippen LogP contribution in [0, 0.1) is 0 Å². The van der Waals surface area contributed by atoms with Crippen LogP contribution in [0.2, 0.25) is 5.02 Å². The Morgan fingerprint density at radius 2 is 1.79 bits per heavy atom. The van der Waals surface area contributed by atoms with Crippen LogP contribution in [0.1, 0.15) is 38.5 Å². The molecule has 0 aromatic carbocycles. The molecule has 9 nitrogen and oxygen atoms in total. The molecular formula is C28H43ClN6O3. The van der Waals surface area contributed by atoms with Crippen molar-refractivity contribution in [1.29, 1.82) is 0 Å². The van der Waals surface area contributed by atoms with Crippen LogP contribution in [-0.2, 0) is 14.2 Å². The standard InChI is InChI=1S/C28H43ClN6O3/c1-36-16-12-35(13-17-37-2)22-8-6-21(7-9-22)33-27-18-23(24(29)19-31-27)25-4-3-5-26(34-25)32-20-28(30)10-14-38-15-11-28/h3-5,18-19,21-22H,6-17,20,30H2,1-2H3,(H,31,33)(H,32,34)/t21-,22-. The molecule has 1 aliphatic carbocycles. The number of methoxy groups -OCH3 is 2. The van der Waals surface area contributed by atoms with Crippen molar-refractivity contribution in [3.63, 3.8) is 0 Å². The normalized spacial score (nSPS) is 21.4. The van der Waals surface area contributed by atoms with E-state index in [4.69, 9.17) is 36.5 Å². The molecule has 0 amide bonds. The second-order valence-corrected chi connectivity index (χ2v) is 10.9. The fourth-order valence-corrected chi connectivity index (χ4v) is 5.51. The largest absolute Gasteiger partial charge is 0.383 e. The Labute approximate surface area is 231 Å². The molecule has 4 rings (SSSR count). The molecule has 38 heavy (non-hydrogen) atoms. The summed E-state index contributed by atoms with van der Waals surface area (Å²) in [5.74, 6) is 1.61. The summed E-state index contributed by atoms with van der Waals surface area (Å²) < 4.78 is 16.1. The molecule has 3 heterocycles. The first-order chi connectivity index (χ1) is 18.5. The molecule has 2 aromatic heterocycles. The molecule has 2 aliphatic rings. The fourth-order valence-electron chi connectivity index (χ4n) is 5.31. The third-order valence-corrected chi connectivity index (χ3v) is 8.02. The Hall–Kier alpha value is -2.01. The Morgan fingerprint density at radius 1 is 1.08 bits per heavy atom. The van der Waals surface area contributed by atoms with E-state index in [2.05, 4.69) is 20.5 Å². The topological polar surface area (TPSA) is 107 Å². The van der Waals surface area contributed by atoms with Gasteiger partial charge in [0.2, 0.25) is 0 Å². The highest BCUT2D eigenvalue weighted by Crippen LogP contribution is 2.31. The number of hydrogen-bond acceptors (Lipinski definition) is 9. The minimum Gasteiger partial charge on any atom is -0.383 e. The smallest absolute Gasteiger partial charge is 0.126 e. The number of anilines is 2. The van der Waals surface area contributed by atoms with Crippen LogP contribution in [0.15, 0.2) is 30.5 Å². The van der Waals surface area contributed by atoms with Gasteiger partial charge >= 0.3 is 0 Å². The van der Waals surface area contributed by atoms with Gasteiger partial charge in [0.1, 0.15) is 11.6 Å². The summed E-state index contributed by atoms with van der Waals surface area (Å²) in [6.45, 7) is 5.42. The van der Waals surface area contributed by atoms with E-state index in [1.54, 1.807) is 20.4 Å². The monoisotopic (exact) mass is 546 g/mol. The Morgan fingerprint density at radius 3 is 2.47 bits per heavy atom. The van der Waals surface area contributed by atoms with Crippen LogP contribution in [0.3, 0.4) is 0 Å². The average Bonchev–Trinajstić information content (AvgIpc) is 2.94. The molecule has 1 aliphatic heterocycles. The molecule has 0 unspecified atom stereocenters. The van der Waals surface area contributed by atoms with Crippen molar-refractivity contribution < 1.29 is 14.2 Å². The Kier molecular flexibility index (Phi) is 11.0. The van der Waals surface area contributed by atoms with Gasteiger partial charge in [-0.3, -0.25) is 4.90 Å². The number of halogens is 1. The fraction of sp³-hybridized carbons (Fsp3) is 0.643. The Balaban J connectivity index is 1.35. The highest BCUT2D eigenvalue weighted by molar-refractivity contribution is 6.33. The second-order valence-electron chi connectivity index (χ2n) is 10.5. The van der Waals surface area contributed by atoms with Gasteiger partial charge in [0.25, 0.3) is 0 Å². The van der Waals surface area contributed by atoms with Crippen molar-refractivity contribution in [3.05, 3.63) is 35.5 Å². The van der Waals surface area contributed by atoms with E-state index in [1.165, 1.54) is 0 Å². The van der Waals surface area contributed by atoms with Crippen molar-refractivity contribution in [2.45, 2.75) is 56.1 Å². The highest BCUT2D eigenvalue weighted by atomic mass is 35.5. The summed E-state index contributed by atoms with van der Waals surface area (Å²) in [7, 11) is 3.51. The van der Waals surface area contributed by atoms with Crippen LogP contribution in [0.5, 0.6) is 0 Å². The second kappa shape index (κ2) is 14.4. The third-order valence-electron chi connectivity index (χ3n) is 7.72. The van der Waals surface area contributed by atoms with Gasteiger partial charge < -0.3 is 30.6 Å². The van der Waals surface area contributed by atoms with Crippen molar-refractivity contribution >= 4 is 23.2 Å². The molecule has 210 valence electrons. The van der Waals surface area contributed by atoms with Crippen molar-refractivity contribution in [1.82, 2.24) is 14.9 Å². The quantitative estimate of drug-likeness (QED) is 0.343. The zero-order valence-corrected chi connectivity index (χ0v) is 23.5. The molecule has 4 N–H and O–H groups in total. The predicted octanol–water partition coefficient (Wildman–Crippen LogP) is 4.03. The van der Waals surface area contributed by atoms with Crippen LogP contribution < -0.4 is 16.4 Å². The van der Waals surface area contributed by atoms with E-state index in [-0.39, 0.29) is 5.54 Å². The number of hydrogen-bond donors (Lipinski definition) is 3. The van der Waals surface area contributed by atoms with E-state index in [1.807, 2.05) is 24.3 Å². The van der Waals surface area contributed by atoms with E-state index in [9.17, 15) is 0 Å². The summed E-state index contributed by atoms with van der Waals surface area (Å²) in [6.07, 6.45) is 7.83. The van der Waals surface area contributed by atoms with Crippen molar-refractivity contribution in [2.75, 3.05) is 70.9 Å². The molecule has 1 saturated carbocycles. The summed E-state index contributed by atoms with van der Waals surface area (Å²) in [6, 6.07) is 8.86. The van der Waals surface area contributed by atoms with E-state index in [0.717, 1.165) is 87.7 Å². The molecule has 10 heteroatoms. The number of aromatic nitrogens is 2. The van der Waals surface area contributed by atoms with Gasteiger partial charge in [0.15, 0.2) is 0 Å². The van der Waals surface area contributed by atoms with E-state index < -0.39 is 0 Å². The number of ether oxygens (including phenoxy) is 3. The minimum atomic E-state index is -0.273. The summed E-state index contributed by atoms with van der Waals surface area (Å²) in [5.41, 5.74) is 7.93. The molecule has 0 radical (unpaired) electrons. The zero-order chi connectivity index (χ0) is 26.8. The minimum absolute atomic E-state index is 0.273. The molecule has 2 fully saturated rings. The maximum Gasteiger partial charge on any atom is 0.126 e. The molecule has 1 saturated heterocycles. The summed E-state index contributed by atoms with van der Waals surface area (Å²) in [5, 5.41) is 7.64. The first-order valence-electron chi connectivity index (χ1n) is 13.7. The lowest BCUT2D eigenvalue weighted by Crippen LogP contribution is -2.50. The highest BCUT2D eigenvalue weighted by Gasteiger charge is 2.28. The molecule has 0 atom stereocenters. The lowest BCUT2D eigenvalue weighted by Gasteiger charge is -2.37. The zero-order valence-electron chi connectivity index (χ0n) is 22.8. The van der Waals surface area contributed by atoms with Gasteiger partial charge in [-0.25, -0.2) is 9.97 Å². The van der Waals surface area contributed by atoms with Crippen molar-refractivity contribution in [3.8, 4) is 11.3 Å². The summed E-state index contributed by atoms with van der Waals surface area (Å²) >= 11 is 6.57. The molecule has 2 aromatic rings. The van der Waals surface area contributed by atoms with Gasteiger partial charge in [-0.05, 0) is 56.7 Å². The maximum atomic E-state index is 6.57. The Bertz CT molecular complexity index is 990. The summed E-state index contributed by atoms with van der Waals surface area (Å²) in [4.78, 5) is 11.9. The predicted molar refractivity (Wildman–Crippen MR) is 153 cm³/mol. The SMILES string of the molecule is COCCN(CCOC)[C@H]1CC[C@H](Nc2cc(-c3cccc(NCC4(N)CCOCC4)n3)c(Cl)cn2)CC1. The first kappa shape index (κ1) is 29.0. The van der Waals surface area contributed by atoms with Crippen LogP contribution >= 0.6 is 11.6 Å². The first-order valence-corrected chi connectivity index (χ1v) is 14.1. The van der Waals surface area contributed by atoms with Gasteiger partial charge in [-0.2, -0.15) is 0 Å². The van der Waals surface area contributed by atoms with Gasteiger partial charge in [0.05, 0.1) is 23.9 Å². The lowest BCUT2D eigenvalue weighted by atomic mass is 9.90. The number of nitrogens with zero attached hydrogens (tertiary/aromatic N) is 3.